The molecule has 2 amide bonds. The van der Waals surface area contributed by atoms with Crippen LogP contribution in [0.25, 0.3) is 11.1 Å². The summed E-state index contributed by atoms with van der Waals surface area (Å²) in [5, 5.41) is 8.98. The first kappa shape index (κ1) is 26.1. The Labute approximate surface area is 212 Å². The van der Waals surface area contributed by atoms with Gasteiger partial charge in [0.15, 0.2) is 0 Å². The number of aliphatic hydroxyl groups excluding tert-OH is 1. The first-order valence-electron chi connectivity index (χ1n) is 12.3. The minimum atomic E-state index is -3.79. The van der Waals surface area contributed by atoms with E-state index in [1.165, 1.54) is 13.0 Å². The average Bonchev–Trinajstić information content (AvgIpc) is 2.87. The van der Waals surface area contributed by atoms with Gasteiger partial charge in [-0.25, -0.2) is 17.9 Å². The maximum atomic E-state index is 13.3. The lowest BCUT2D eigenvalue weighted by atomic mass is 9.98. The van der Waals surface area contributed by atoms with E-state index in [0.29, 0.717) is 29.0 Å². The van der Waals surface area contributed by atoms with Gasteiger partial charge in [-0.2, -0.15) is 0 Å². The number of sulfonamides is 1. The number of hydrogen-bond donors (Lipinski definition) is 2. The molecule has 0 radical (unpaired) electrons. The number of nitrogens with one attached hydrogen (secondary N) is 1. The van der Waals surface area contributed by atoms with Crippen LogP contribution in [0.5, 0.6) is 0 Å². The van der Waals surface area contributed by atoms with Crippen LogP contribution >= 0.6 is 0 Å². The van der Waals surface area contributed by atoms with Crippen LogP contribution in [0.3, 0.4) is 0 Å². The number of amides is 2. The third-order valence-electron chi connectivity index (χ3n) is 6.67. The zero-order chi connectivity index (χ0) is 25.9. The summed E-state index contributed by atoms with van der Waals surface area (Å²) in [5.74, 6) is -0.125. The second-order valence-electron chi connectivity index (χ2n) is 9.35. The first-order chi connectivity index (χ1) is 17.2. The van der Waals surface area contributed by atoms with Crippen molar-refractivity contribution in [3.63, 3.8) is 0 Å². The number of fused-ring (bicyclic) bond motifs is 1. The van der Waals surface area contributed by atoms with E-state index in [1.807, 2.05) is 13.0 Å². The highest BCUT2D eigenvalue weighted by atomic mass is 32.2. The minimum absolute atomic E-state index is 0.0683. The van der Waals surface area contributed by atoms with E-state index in [1.54, 1.807) is 40.1 Å². The topological polar surface area (TPSA) is 116 Å². The number of aliphatic hydroxyl groups is 1. The number of anilines is 2. The van der Waals surface area contributed by atoms with E-state index in [4.69, 9.17) is 9.84 Å². The third kappa shape index (κ3) is 5.55. The number of rotatable bonds is 6. The Morgan fingerprint density at radius 1 is 1.06 bits per heavy atom. The van der Waals surface area contributed by atoms with Crippen LogP contribution in [0.2, 0.25) is 0 Å². The van der Waals surface area contributed by atoms with Crippen molar-refractivity contribution in [2.24, 2.45) is 0 Å². The predicted octanol–water partition coefficient (Wildman–Crippen LogP) is 3.65. The summed E-state index contributed by atoms with van der Waals surface area (Å²) in [6.07, 6.45) is 4.41. The number of nitrogens with zero attached hydrogens (tertiary/aromatic N) is 2. The quantitative estimate of drug-likeness (QED) is 0.607. The molecule has 36 heavy (non-hydrogen) atoms. The molecule has 0 saturated heterocycles. The van der Waals surface area contributed by atoms with Gasteiger partial charge in [0.25, 0.3) is 0 Å². The molecular weight excluding hydrogens is 482 g/mol. The molecule has 194 valence electrons. The van der Waals surface area contributed by atoms with Crippen molar-refractivity contribution in [3.8, 4) is 11.1 Å². The lowest BCUT2D eigenvalue weighted by molar-refractivity contribution is -0.117. The normalized spacial score (nSPS) is 18.6. The molecule has 2 N–H and O–H groups in total. The van der Waals surface area contributed by atoms with Crippen LogP contribution in [-0.2, 0) is 19.6 Å². The van der Waals surface area contributed by atoms with Crippen molar-refractivity contribution in [1.29, 1.82) is 0 Å². The fraction of sp³-hybridized carbons (Fsp3) is 0.462. The highest BCUT2D eigenvalue weighted by molar-refractivity contribution is 7.89. The van der Waals surface area contributed by atoms with Crippen LogP contribution in [0.1, 0.15) is 46.0 Å². The van der Waals surface area contributed by atoms with Gasteiger partial charge in [0.05, 0.1) is 28.9 Å². The second-order valence-corrected chi connectivity index (χ2v) is 11.1. The van der Waals surface area contributed by atoms with E-state index in [2.05, 4.69) is 4.72 Å². The van der Waals surface area contributed by atoms with Crippen LogP contribution in [-0.4, -0.2) is 57.4 Å². The highest BCUT2D eigenvalue weighted by Crippen LogP contribution is 2.40. The summed E-state index contributed by atoms with van der Waals surface area (Å²) in [6, 6.07) is 11.6. The molecule has 1 atom stereocenters. The van der Waals surface area contributed by atoms with Gasteiger partial charge in [-0.3, -0.25) is 9.69 Å². The number of ether oxygens (including phenoxy) is 1. The van der Waals surface area contributed by atoms with Gasteiger partial charge in [-0.15, -0.1) is 0 Å². The van der Waals surface area contributed by atoms with Crippen molar-refractivity contribution in [2.45, 2.75) is 63.0 Å². The fourth-order valence-electron chi connectivity index (χ4n) is 4.95. The fourth-order valence-corrected chi connectivity index (χ4v) is 6.02. The number of carbonyl (C=O) groups is 2. The van der Waals surface area contributed by atoms with Gasteiger partial charge >= 0.3 is 6.09 Å². The van der Waals surface area contributed by atoms with Crippen molar-refractivity contribution in [3.05, 3.63) is 42.5 Å². The number of hydrogen-bond acceptors (Lipinski definition) is 6. The maximum absolute atomic E-state index is 13.3. The zero-order valence-corrected chi connectivity index (χ0v) is 21.5. The molecular formula is C26H33N3O6S. The van der Waals surface area contributed by atoms with E-state index in [9.17, 15) is 18.0 Å². The van der Waals surface area contributed by atoms with E-state index in [0.717, 1.165) is 32.1 Å². The first-order valence-corrected chi connectivity index (χ1v) is 13.8. The Bertz CT molecular complexity index is 1230. The molecule has 2 aromatic rings. The molecule has 1 aliphatic heterocycles. The molecule has 2 aliphatic rings. The van der Waals surface area contributed by atoms with Gasteiger partial charge in [0.1, 0.15) is 6.10 Å². The van der Waals surface area contributed by atoms with Gasteiger partial charge in [-0.05, 0) is 68.0 Å². The van der Waals surface area contributed by atoms with Crippen molar-refractivity contribution in [2.75, 3.05) is 29.5 Å². The second kappa shape index (κ2) is 11.0. The summed E-state index contributed by atoms with van der Waals surface area (Å²) >= 11 is 0. The van der Waals surface area contributed by atoms with E-state index in [-0.39, 0.29) is 36.1 Å². The summed E-state index contributed by atoms with van der Waals surface area (Å²) in [7, 11) is -3.79. The summed E-state index contributed by atoms with van der Waals surface area (Å²) in [5.41, 5.74) is 2.49. The molecule has 4 rings (SSSR count). The average molecular weight is 516 g/mol. The van der Waals surface area contributed by atoms with Crippen molar-refractivity contribution < 1.29 is 27.9 Å². The van der Waals surface area contributed by atoms with E-state index >= 15 is 0 Å². The molecule has 0 aromatic heterocycles. The lowest BCUT2D eigenvalue weighted by Crippen LogP contribution is -2.52. The Balaban J connectivity index is 1.71. The Hall–Kier alpha value is -2.95. The van der Waals surface area contributed by atoms with Gasteiger partial charge in [0.2, 0.25) is 15.9 Å². The van der Waals surface area contributed by atoms with Gasteiger partial charge < -0.3 is 14.7 Å². The highest BCUT2D eigenvalue weighted by Gasteiger charge is 2.35. The molecule has 0 bridgehead atoms. The molecule has 9 nitrogen and oxygen atoms in total. The Morgan fingerprint density at radius 3 is 2.47 bits per heavy atom. The Kier molecular flexibility index (Phi) is 7.97. The third-order valence-corrected chi connectivity index (χ3v) is 8.13. The minimum Gasteiger partial charge on any atom is -0.446 e. The molecule has 1 unspecified atom stereocenters. The largest absolute Gasteiger partial charge is 0.446 e. The monoisotopic (exact) mass is 515 g/mol. The smallest absolute Gasteiger partial charge is 0.414 e. The number of carbonyl (C=O) groups excluding carboxylic acids is 2. The summed E-state index contributed by atoms with van der Waals surface area (Å²) < 4.78 is 33.3. The van der Waals surface area contributed by atoms with Crippen LogP contribution in [0.15, 0.2) is 47.4 Å². The van der Waals surface area contributed by atoms with Crippen molar-refractivity contribution in [1.82, 2.24) is 4.72 Å². The van der Waals surface area contributed by atoms with E-state index < -0.39 is 16.1 Å². The molecule has 1 heterocycles. The van der Waals surface area contributed by atoms with Crippen molar-refractivity contribution >= 4 is 33.4 Å². The summed E-state index contributed by atoms with van der Waals surface area (Å²) in [4.78, 5) is 29.1. The van der Waals surface area contributed by atoms with Gasteiger partial charge in [0, 0.05) is 20.0 Å². The SMILES string of the molecule is CC(=O)N1c2ccc(-c3cccc(S(=O)(=O)NCCO)c3)cc2N(C(=O)OC2CCCCC2)CC1C. The number of benzene rings is 2. The lowest BCUT2D eigenvalue weighted by Gasteiger charge is -2.41. The zero-order valence-electron chi connectivity index (χ0n) is 20.6. The standard InChI is InChI=1S/C26H33N3O6S/c1-18-17-28(26(32)35-22-8-4-3-5-9-22)25-16-21(11-12-24(25)29(18)19(2)31)20-7-6-10-23(15-20)36(33,34)27-13-14-30/h6-7,10-12,15-16,18,22,27,30H,3-5,8-9,13-14,17H2,1-2H3. The van der Waals surface area contributed by atoms with Crippen LogP contribution in [0.4, 0.5) is 16.2 Å². The van der Waals surface area contributed by atoms with Crippen LogP contribution in [0, 0.1) is 0 Å². The molecule has 2 aromatic carbocycles. The molecule has 10 heteroatoms. The predicted molar refractivity (Wildman–Crippen MR) is 137 cm³/mol. The molecule has 1 fully saturated rings. The summed E-state index contributed by atoms with van der Waals surface area (Å²) in [6.45, 7) is 3.30. The molecule has 1 saturated carbocycles. The van der Waals surface area contributed by atoms with Crippen LogP contribution < -0.4 is 14.5 Å². The van der Waals surface area contributed by atoms with Gasteiger partial charge in [-0.1, -0.05) is 24.6 Å². The molecule has 1 aliphatic carbocycles. The molecule has 0 spiro atoms. The Morgan fingerprint density at radius 2 is 1.78 bits per heavy atom. The maximum Gasteiger partial charge on any atom is 0.414 e.